The Morgan fingerprint density at radius 2 is 2.25 bits per heavy atom. The molecule has 0 bridgehead atoms. The highest BCUT2D eigenvalue weighted by Gasteiger charge is 2.24. The number of rotatable bonds is 5. The van der Waals surface area contributed by atoms with Gasteiger partial charge in [0.15, 0.2) is 0 Å². The molecule has 0 amide bonds. The second kappa shape index (κ2) is 6.07. The zero-order valence-electron chi connectivity index (χ0n) is 10.7. The van der Waals surface area contributed by atoms with Crippen LogP contribution < -0.4 is 0 Å². The highest BCUT2D eigenvalue weighted by Crippen LogP contribution is 2.32. The van der Waals surface area contributed by atoms with E-state index in [0.29, 0.717) is 0 Å². The van der Waals surface area contributed by atoms with E-state index in [1.807, 2.05) is 6.92 Å². The molecule has 1 N–H and O–H groups in total. The Labute approximate surface area is 98.7 Å². The highest BCUT2D eigenvalue weighted by molar-refractivity contribution is 5.73. The molecule has 2 atom stereocenters. The number of hydrogen-bond donors (Lipinski definition) is 1. The lowest BCUT2D eigenvalue weighted by Crippen LogP contribution is -2.19. The summed E-state index contributed by atoms with van der Waals surface area (Å²) in [7, 11) is 0. The van der Waals surface area contributed by atoms with Gasteiger partial charge in [0.25, 0.3) is 0 Å². The average Bonchev–Trinajstić information content (AvgIpc) is 2.20. The average molecular weight is 224 g/mol. The van der Waals surface area contributed by atoms with Crippen molar-refractivity contribution in [1.29, 1.82) is 0 Å². The van der Waals surface area contributed by atoms with Gasteiger partial charge in [-0.25, -0.2) is 0 Å². The van der Waals surface area contributed by atoms with E-state index < -0.39 is 5.97 Å². The Balaban J connectivity index is 2.54. The van der Waals surface area contributed by atoms with E-state index in [4.69, 9.17) is 5.11 Å². The molecule has 0 saturated carbocycles. The molecule has 0 spiro atoms. The first kappa shape index (κ1) is 13.3. The van der Waals surface area contributed by atoms with Crippen LogP contribution in [-0.2, 0) is 4.79 Å². The molecule has 0 unspecified atom stereocenters. The molecule has 0 aromatic heterocycles. The Morgan fingerprint density at radius 1 is 1.56 bits per heavy atom. The first-order valence-electron chi connectivity index (χ1n) is 6.46. The first-order chi connectivity index (χ1) is 7.54. The molecule has 2 nitrogen and oxygen atoms in total. The molecule has 0 radical (unpaired) electrons. The maximum atomic E-state index is 11.0. The number of hydrogen-bond acceptors (Lipinski definition) is 1. The second-order valence-electron chi connectivity index (χ2n) is 5.35. The number of aliphatic carboxylic acids is 1. The summed E-state index contributed by atoms with van der Waals surface area (Å²) in [5, 5.41) is 9.10. The summed E-state index contributed by atoms with van der Waals surface area (Å²) < 4.78 is 0. The maximum Gasteiger partial charge on any atom is 0.310 e. The van der Waals surface area contributed by atoms with E-state index >= 15 is 0 Å². The summed E-state index contributed by atoms with van der Waals surface area (Å²) in [6.07, 6.45) is 7.43. The lowest BCUT2D eigenvalue weighted by atomic mass is 9.80. The molecule has 16 heavy (non-hydrogen) atoms. The predicted molar refractivity (Wildman–Crippen MR) is 66.3 cm³/mol. The Hall–Kier alpha value is -0.790. The van der Waals surface area contributed by atoms with Gasteiger partial charge in [-0.05, 0) is 43.9 Å². The van der Waals surface area contributed by atoms with E-state index in [9.17, 15) is 4.79 Å². The van der Waals surface area contributed by atoms with Gasteiger partial charge in [-0.15, -0.1) is 0 Å². The maximum absolute atomic E-state index is 11.0. The lowest BCUT2D eigenvalue weighted by Gasteiger charge is -2.25. The second-order valence-corrected chi connectivity index (χ2v) is 5.35. The highest BCUT2D eigenvalue weighted by atomic mass is 16.4. The largest absolute Gasteiger partial charge is 0.481 e. The van der Waals surface area contributed by atoms with Crippen molar-refractivity contribution < 1.29 is 9.90 Å². The minimum Gasteiger partial charge on any atom is -0.481 e. The van der Waals surface area contributed by atoms with E-state index in [0.717, 1.165) is 36.7 Å². The van der Waals surface area contributed by atoms with Crippen LogP contribution in [0.25, 0.3) is 0 Å². The van der Waals surface area contributed by atoms with E-state index in [2.05, 4.69) is 19.9 Å². The van der Waals surface area contributed by atoms with E-state index in [1.54, 1.807) is 0 Å². The molecule has 0 aromatic carbocycles. The summed E-state index contributed by atoms with van der Waals surface area (Å²) in [5.74, 6) is 0.632. The van der Waals surface area contributed by atoms with Crippen LogP contribution in [0.3, 0.4) is 0 Å². The van der Waals surface area contributed by atoms with Crippen LogP contribution in [-0.4, -0.2) is 11.1 Å². The fourth-order valence-corrected chi connectivity index (χ4v) is 2.70. The monoisotopic (exact) mass is 224 g/mol. The van der Waals surface area contributed by atoms with Crippen molar-refractivity contribution in [3.05, 3.63) is 11.6 Å². The third-order valence-electron chi connectivity index (χ3n) is 3.51. The quantitative estimate of drug-likeness (QED) is 0.720. The van der Waals surface area contributed by atoms with Crippen LogP contribution in [0, 0.1) is 17.8 Å². The third-order valence-corrected chi connectivity index (χ3v) is 3.51. The topological polar surface area (TPSA) is 37.3 Å². The molecule has 2 heteroatoms. The zero-order valence-corrected chi connectivity index (χ0v) is 10.7. The Morgan fingerprint density at radius 3 is 2.62 bits per heavy atom. The molecular weight excluding hydrogens is 200 g/mol. The molecular formula is C14H24O2. The fraction of sp³-hybridized carbons (Fsp3) is 0.786. The van der Waals surface area contributed by atoms with Crippen molar-refractivity contribution >= 4 is 5.97 Å². The smallest absolute Gasteiger partial charge is 0.310 e. The van der Waals surface area contributed by atoms with Crippen LogP contribution in [0.1, 0.15) is 52.9 Å². The summed E-state index contributed by atoms with van der Waals surface area (Å²) in [6, 6.07) is 0. The predicted octanol–water partition coefficient (Wildman–Crippen LogP) is 3.87. The molecule has 0 heterocycles. The van der Waals surface area contributed by atoms with Crippen molar-refractivity contribution in [2.24, 2.45) is 17.8 Å². The van der Waals surface area contributed by atoms with Gasteiger partial charge in [-0.2, -0.15) is 0 Å². The summed E-state index contributed by atoms with van der Waals surface area (Å²) >= 11 is 0. The summed E-state index contributed by atoms with van der Waals surface area (Å²) in [4.78, 5) is 11.0. The van der Waals surface area contributed by atoms with Crippen molar-refractivity contribution in [2.45, 2.75) is 52.9 Å². The molecule has 1 aliphatic rings. The van der Waals surface area contributed by atoms with Crippen molar-refractivity contribution in [3.63, 3.8) is 0 Å². The standard InChI is InChI=1S/C14H24O2/c1-4-13(14(15)16)12-7-5-11(6-8-12)9-10(2)3/h7,10-11,13H,4-6,8-9H2,1-3H3,(H,15,16)/t11-,13-/m1/s1. The van der Waals surface area contributed by atoms with Gasteiger partial charge in [0.05, 0.1) is 5.92 Å². The van der Waals surface area contributed by atoms with Crippen LogP contribution in [0.5, 0.6) is 0 Å². The van der Waals surface area contributed by atoms with Gasteiger partial charge in [0.1, 0.15) is 0 Å². The summed E-state index contributed by atoms with van der Waals surface area (Å²) in [5.41, 5.74) is 1.16. The number of allylic oxidation sites excluding steroid dienone is 1. The third kappa shape index (κ3) is 3.66. The summed E-state index contributed by atoms with van der Waals surface area (Å²) in [6.45, 7) is 6.47. The van der Waals surface area contributed by atoms with E-state index in [-0.39, 0.29) is 5.92 Å². The van der Waals surface area contributed by atoms with Gasteiger partial charge in [0.2, 0.25) is 0 Å². The molecule has 0 aromatic rings. The molecule has 92 valence electrons. The molecule has 0 saturated heterocycles. The van der Waals surface area contributed by atoms with Gasteiger partial charge in [-0.3, -0.25) is 4.79 Å². The Bertz CT molecular complexity index is 266. The molecule has 1 rings (SSSR count). The van der Waals surface area contributed by atoms with Gasteiger partial charge < -0.3 is 5.11 Å². The minimum absolute atomic E-state index is 0.236. The SMILES string of the molecule is CC[C@@H](C(=O)O)C1=CC[C@@H](CC(C)C)CC1. The molecule has 0 aliphatic heterocycles. The van der Waals surface area contributed by atoms with Crippen molar-refractivity contribution in [1.82, 2.24) is 0 Å². The lowest BCUT2D eigenvalue weighted by molar-refractivity contribution is -0.140. The molecule has 1 aliphatic carbocycles. The van der Waals surface area contributed by atoms with Crippen molar-refractivity contribution in [2.75, 3.05) is 0 Å². The van der Waals surface area contributed by atoms with Gasteiger partial charge in [-0.1, -0.05) is 32.4 Å². The van der Waals surface area contributed by atoms with Crippen LogP contribution >= 0.6 is 0 Å². The number of carbonyl (C=O) groups is 1. The van der Waals surface area contributed by atoms with Crippen LogP contribution in [0.4, 0.5) is 0 Å². The van der Waals surface area contributed by atoms with Gasteiger partial charge >= 0.3 is 5.97 Å². The zero-order chi connectivity index (χ0) is 12.1. The normalized spacial score (nSPS) is 23.0. The minimum atomic E-state index is -0.656. The number of carboxylic acids is 1. The molecule has 0 fully saturated rings. The van der Waals surface area contributed by atoms with Crippen LogP contribution in [0.15, 0.2) is 11.6 Å². The number of carboxylic acid groups (broad SMARTS) is 1. The van der Waals surface area contributed by atoms with Gasteiger partial charge in [0, 0.05) is 0 Å². The van der Waals surface area contributed by atoms with Crippen molar-refractivity contribution in [3.8, 4) is 0 Å². The Kier molecular flexibility index (Phi) is 5.04. The fourth-order valence-electron chi connectivity index (χ4n) is 2.70. The van der Waals surface area contributed by atoms with Crippen LogP contribution in [0.2, 0.25) is 0 Å². The van der Waals surface area contributed by atoms with E-state index in [1.165, 1.54) is 12.8 Å². The first-order valence-corrected chi connectivity index (χ1v) is 6.46.